The molecule has 0 bridgehead atoms. The molecule has 0 amide bonds. The summed E-state index contributed by atoms with van der Waals surface area (Å²) in [5.41, 5.74) is 1.51. The van der Waals surface area contributed by atoms with E-state index in [9.17, 15) is 9.59 Å². The van der Waals surface area contributed by atoms with Crippen LogP contribution in [0, 0.1) is 0 Å². The number of carbonyl (C=O) groups excluding carboxylic acids is 2. The number of benzene rings is 3. The summed E-state index contributed by atoms with van der Waals surface area (Å²) < 4.78 is 1.37. The smallest absolute Gasteiger partial charge is 0.215 e. The lowest BCUT2D eigenvalue weighted by atomic mass is 10.0. The third-order valence-corrected chi connectivity index (χ3v) is 5.32. The molecule has 0 aliphatic heterocycles. The summed E-state index contributed by atoms with van der Waals surface area (Å²) >= 11 is 12.6. The van der Waals surface area contributed by atoms with Crippen molar-refractivity contribution >= 4 is 34.8 Å². The predicted octanol–water partition coefficient (Wildman–Crippen LogP) is 5.10. The third kappa shape index (κ3) is 3.90. The lowest BCUT2D eigenvalue weighted by molar-refractivity contribution is 0.0995. The van der Waals surface area contributed by atoms with Crippen molar-refractivity contribution < 1.29 is 9.59 Å². The minimum absolute atomic E-state index is 0.0155. The molecule has 1 aromatic heterocycles. The average molecular weight is 436 g/mol. The van der Waals surface area contributed by atoms with Crippen molar-refractivity contribution in [3.63, 3.8) is 0 Å². The third-order valence-electron chi connectivity index (χ3n) is 4.61. The summed E-state index contributed by atoms with van der Waals surface area (Å²) in [5, 5.41) is 9.02. The van der Waals surface area contributed by atoms with Gasteiger partial charge in [0.05, 0.1) is 6.54 Å². The molecule has 3 aromatic carbocycles. The lowest BCUT2D eigenvalue weighted by Gasteiger charge is -2.10. The van der Waals surface area contributed by atoms with Crippen LogP contribution in [0.2, 0.25) is 10.0 Å². The Hall–Kier alpha value is -3.28. The van der Waals surface area contributed by atoms with Crippen LogP contribution >= 0.6 is 23.2 Å². The van der Waals surface area contributed by atoms with Crippen LogP contribution in [0.1, 0.15) is 37.7 Å². The zero-order valence-corrected chi connectivity index (χ0v) is 17.1. The fourth-order valence-corrected chi connectivity index (χ4v) is 3.60. The second kappa shape index (κ2) is 8.61. The van der Waals surface area contributed by atoms with Crippen molar-refractivity contribution in [2.24, 2.45) is 0 Å². The van der Waals surface area contributed by atoms with Crippen LogP contribution in [0.3, 0.4) is 0 Å². The minimum atomic E-state index is -0.383. The molecule has 4 rings (SSSR count). The number of rotatable bonds is 6. The van der Waals surface area contributed by atoms with Crippen LogP contribution in [0.4, 0.5) is 0 Å². The molecule has 0 radical (unpaired) electrons. The first-order valence-electron chi connectivity index (χ1n) is 9.12. The summed E-state index contributed by atoms with van der Waals surface area (Å²) in [7, 11) is 0. The average Bonchev–Trinajstić information content (AvgIpc) is 3.20. The first kappa shape index (κ1) is 20.0. The highest BCUT2D eigenvalue weighted by molar-refractivity contribution is 6.36. The predicted molar refractivity (Wildman–Crippen MR) is 115 cm³/mol. The van der Waals surface area contributed by atoms with Crippen molar-refractivity contribution in [1.29, 1.82) is 0 Å². The van der Waals surface area contributed by atoms with Gasteiger partial charge in [0.15, 0.2) is 5.69 Å². The van der Waals surface area contributed by atoms with E-state index < -0.39 is 0 Å². The molecule has 148 valence electrons. The monoisotopic (exact) mass is 435 g/mol. The molecule has 1 heterocycles. The number of nitrogens with zero attached hydrogens (tertiary/aromatic N) is 3. The molecule has 0 atom stereocenters. The Balaban J connectivity index is 1.84. The molecule has 0 saturated heterocycles. The molecule has 0 unspecified atom stereocenters. The van der Waals surface area contributed by atoms with Gasteiger partial charge in [-0.05, 0) is 12.1 Å². The maximum absolute atomic E-state index is 13.3. The van der Waals surface area contributed by atoms with Crippen molar-refractivity contribution in [2.75, 3.05) is 0 Å². The fourth-order valence-electron chi connectivity index (χ4n) is 3.09. The van der Waals surface area contributed by atoms with Gasteiger partial charge < -0.3 is 0 Å². The molecule has 0 aliphatic carbocycles. The SMILES string of the molecule is O=C(c1ccccc1)c1nnn(Cc2c(Cl)cccc2Cl)c1C(=O)c1ccccc1. The summed E-state index contributed by atoms with van der Waals surface area (Å²) in [6.07, 6.45) is 0. The topological polar surface area (TPSA) is 64.8 Å². The normalized spacial score (nSPS) is 10.7. The van der Waals surface area contributed by atoms with E-state index in [1.54, 1.807) is 66.7 Å². The minimum Gasteiger partial charge on any atom is -0.287 e. The Kier molecular flexibility index (Phi) is 5.74. The van der Waals surface area contributed by atoms with Gasteiger partial charge in [-0.3, -0.25) is 9.59 Å². The lowest BCUT2D eigenvalue weighted by Crippen LogP contribution is -2.17. The number of halogens is 2. The van der Waals surface area contributed by atoms with E-state index in [0.29, 0.717) is 26.7 Å². The van der Waals surface area contributed by atoms with E-state index in [4.69, 9.17) is 23.2 Å². The second-order valence-corrected chi connectivity index (χ2v) is 7.35. The zero-order valence-electron chi connectivity index (χ0n) is 15.6. The van der Waals surface area contributed by atoms with Crippen LogP contribution in [-0.2, 0) is 6.54 Å². The second-order valence-electron chi connectivity index (χ2n) is 6.53. The highest BCUT2D eigenvalue weighted by atomic mass is 35.5. The zero-order chi connectivity index (χ0) is 21.1. The largest absolute Gasteiger partial charge is 0.287 e. The number of hydrogen-bond donors (Lipinski definition) is 0. The van der Waals surface area contributed by atoms with Crippen LogP contribution in [0.5, 0.6) is 0 Å². The Labute approximate surface area is 182 Å². The van der Waals surface area contributed by atoms with Crippen LogP contribution < -0.4 is 0 Å². The standard InChI is InChI=1S/C23H15Cl2N3O2/c24-18-12-7-13-19(25)17(18)14-28-21(23(30)16-10-5-2-6-11-16)20(26-27-28)22(29)15-8-3-1-4-9-15/h1-13H,14H2. The summed E-state index contributed by atoms with van der Waals surface area (Å²) in [5.74, 6) is -0.741. The number of carbonyl (C=O) groups is 2. The highest BCUT2D eigenvalue weighted by Crippen LogP contribution is 2.26. The van der Waals surface area contributed by atoms with Crippen molar-refractivity contribution in [3.8, 4) is 0 Å². The molecule has 0 aliphatic rings. The van der Waals surface area contributed by atoms with Gasteiger partial charge in [0.2, 0.25) is 11.6 Å². The summed E-state index contributed by atoms with van der Waals surface area (Å²) in [6, 6.07) is 22.5. The van der Waals surface area contributed by atoms with E-state index in [-0.39, 0.29) is 29.5 Å². The van der Waals surface area contributed by atoms with Gasteiger partial charge in [-0.2, -0.15) is 0 Å². The van der Waals surface area contributed by atoms with E-state index in [0.717, 1.165) is 0 Å². The van der Waals surface area contributed by atoms with E-state index in [1.807, 2.05) is 12.1 Å². The molecule has 4 aromatic rings. The van der Waals surface area contributed by atoms with Gasteiger partial charge in [-0.25, -0.2) is 4.68 Å². The molecule has 0 fully saturated rings. The number of hydrogen-bond acceptors (Lipinski definition) is 4. The fraction of sp³-hybridized carbons (Fsp3) is 0.0435. The van der Waals surface area contributed by atoms with E-state index in [1.165, 1.54) is 4.68 Å². The summed E-state index contributed by atoms with van der Waals surface area (Å²) in [4.78, 5) is 26.4. The molecule has 0 spiro atoms. The van der Waals surface area contributed by atoms with Gasteiger partial charge >= 0.3 is 0 Å². The molecule has 7 heteroatoms. The number of ketones is 2. The molecular weight excluding hydrogens is 421 g/mol. The van der Waals surface area contributed by atoms with Crippen molar-refractivity contribution in [2.45, 2.75) is 6.54 Å². The quantitative estimate of drug-likeness (QED) is 0.395. The summed E-state index contributed by atoms with van der Waals surface area (Å²) in [6.45, 7) is 0.0987. The molecule has 5 nitrogen and oxygen atoms in total. The maximum Gasteiger partial charge on any atom is 0.215 e. The molecule has 30 heavy (non-hydrogen) atoms. The maximum atomic E-state index is 13.3. The van der Waals surface area contributed by atoms with Crippen molar-refractivity contribution in [3.05, 3.63) is 117 Å². The van der Waals surface area contributed by atoms with E-state index >= 15 is 0 Å². The first-order valence-corrected chi connectivity index (χ1v) is 9.87. The van der Waals surface area contributed by atoms with Gasteiger partial charge in [0.1, 0.15) is 5.69 Å². The highest BCUT2D eigenvalue weighted by Gasteiger charge is 2.27. The Morgan fingerprint density at radius 2 is 1.27 bits per heavy atom. The van der Waals surface area contributed by atoms with E-state index in [2.05, 4.69) is 10.3 Å². The Morgan fingerprint density at radius 3 is 1.83 bits per heavy atom. The van der Waals surface area contributed by atoms with Crippen LogP contribution in [-0.4, -0.2) is 26.6 Å². The van der Waals surface area contributed by atoms with Gasteiger partial charge in [-0.15, -0.1) is 5.10 Å². The Morgan fingerprint density at radius 1 is 0.733 bits per heavy atom. The van der Waals surface area contributed by atoms with Crippen LogP contribution in [0.25, 0.3) is 0 Å². The van der Waals surface area contributed by atoms with Gasteiger partial charge in [0, 0.05) is 26.7 Å². The van der Waals surface area contributed by atoms with Crippen molar-refractivity contribution in [1.82, 2.24) is 15.0 Å². The molecule has 0 saturated carbocycles. The van der Waals surface area contributed by atoms with Gasteiger partial charge in [-0.1, -0.05) is 95.1 Å². The van der Waals surface area contributed by atoms with Gasteiger partial charge in [0.25, 0.3) is 0 Å². The first-order chi connectivity index (χ1) is 14.6. The Bertz CT molecular complexity index is 1200. The molecule has 0 N–H and O–H groups in total. The van der Waals surface area contributed by atoms with Crippen LogP contribution in [0.15, 0.2) is 78.9 Å². The molecular formula is C23H15Cl2N3O2. The number of aromatic nitrogens is 3.